The Kier molecular flexibility index (Phi) is 12.9. The highest BCUT2D eigenvalue weighted by atomic mass is 127. The molecule has 2 rings (SSSR count). The lowest BCUT2D eigenvalue weighted by molar-refractivity contribution is 0.214. The average molecular weight is 465 g/mol. The molecular formula is C19H40IN5. The van der Waals surface area contributed by atoms with E-state index >= 15 is 0 Å². The van der Waals surface area contributed by atoms with Crippen LogP contribution in [0.4, 0.5) is 0 Å². The Hall–Kier alpha value is -0.0800. The zero-order chi connectivity index (χ0) is 17.0. The molecule has 6 heteroatoms. The Morgan fingerprint density at radius 2 is 1.80 bits per heavy atom. The van der Waals surface area contributed by atoms with Crippen molar-refractivity contribution in [2.24, 2.45) is 10.9 Å². The third-order valence-electron chi connectivity index (χ3n) is 5.22. The fourth-order valence-corrected chi connectivity index (χ4v) is 3.85. The molecule has 1 atom stereocenters. The minimum absolute atomic E-state index is 0. The molecule has 0 saturated carbocycles. The lowest BCUT2D eigenvalue weighted by Crippen LogP contribution is -2.40. The Balaban J connectivity index is 0.00000312. The molecule has 0 aromatic heterocycles. The molecule has 0 bridgehead atoms. The molecule has 2 aliphatic rings. The predicted molar refractivity (Wildman–Crippen MR) is 119 cm³/mol. The van der Waals surface area contributed by atoms with Crippen molar-refractivity contribution in [3.05, 3.63) is 0 Å². The number of guanidine groups is 1. The van der Waals surface area contributed by atoms with E-state index in [4.69, 9.17) is 4.99 Å². The van der Waals surface area contributed by atoms with E-state index in [-0.39, 0.29) is 24.0 Å². The number of nitrogens with one attached hydrogen (secondary N) is 2. The summed E-state index contributed by atoms with van der Waals surface area (Å²) in [6.07, 6.45) is 9.45. The van der Waals surface area contributed by atoms with Gasteiger partial charge in [-0.3, -0.25) is 4.99 Å². The van der Waals surface area contributed by atoms with Crippen LogP contribution in [0.5, 0.6) is 0 Å². The van der Waals surface area contributed by atoms with E-state index < -0.39 is 0 Å². The van der Waals surface area contributed by atoms with Crippen LogP contribution in [-0.2, 0) is 0 Å². The van der Waals surface area contributed by atoms with Crippen LogP contribution in [0.3, 0.4) is 0 Å². The van der Waals surface area contributed by atoms with Crippen molar-refractivity contribution < 1.29 is 0 Å². The smallest absolute Gasteiger partial charge is 0.191 e. The van der Waals surface area contributed by atoms with Gasteiger partial charge in [0.25, 0.3) is 0 Å². The molecule has 5 nitrogen and oxygen atoms in total. The molecule has 0 amide bonds. The summed E-state index contributed by atoms with van der Waals surface area (Å²) in [7, 11) is 2.22. The molecule has 2 N–H and O–H groups in total. The molecular weight excluding hydrogens is 425 g/mol. The maximum atomic E-state index is 4.83. The number of halogens is 1. The highest BCUT2D eigenvalue weighted by Crippen LogP contribution is 2.15. The molecule has 2 aliphatic heterocycles. The topological polar surface area (TPSA) is 42.9 Å². The summed E-state index contributed by atoms with van der Waals surface area (Å²) in [6.45, 7) is 11.3. The first-order valence-electron chi connectivity index (χ1n) is 10.2. The van der Waals surface area contributed by atoms with Crippen molar-refractivity contribution in [2.75, 3.05) is 59.4 Å². The predicted octanol–water partition coefficient (Wildman–Crippen LogP) is 2.77. The second-order valence-corrected chi connectivity index (χ2v) is 7.53. The molecule has 0 spiro atoms. The lowest BCUT2D eigenvalue weighted by Gasteiger charge is -2.28. The van der Waals surface area contributed by atoms with E-state index in [9.17, 15) is 0 Å². The average Bonchev–Trinajstić information content (AvgIpc) is 2.85. The highest BCUT2D eigenvalue weighted by molar-refractivity contribution is 14.0. The van der Waals surface area contributed by atoms with Crippen molar-refractivity contribution in [1.29, 1.82) is 0 Å². The third-order valence-corrected chi connectivity index (χ3v) is 5.22. The Morgan fingerprint density at radius 3 is 2.48 bits per heavy atom. The van der Waals surface area contributed by atoms with Gasteiger partial charge in [-0.25, -0.2) is 0 Å². The first-order chi connectivity index (χ1) is 11.8. The van der Waals surface area contributed by atoms with E-state index in [1.54, 1.807) is 0 Å². The normalized spacial score (nSPS) is 23.6. The molecule has 0 aromatic rings. The van der Waals surface area contributed by atoms with Gasteiger partial charge in [0, 0.05) is 26.2 Å². The van der Waals surface area contributed by atoms with Gasteiger partial charge in [-0.1, -0.05) is 12.8 Å². The van der Waals surface area contributed by atoms with E-state index in [0.29, 0.717) is 0 Å². The van der Waals surface area contributed by atoms with Crippen LogP contribution in [0.1, 0.15) is 51.9 Å². The van der Waals surface area contributed by atoms with Crippen molar-refractivity contribution >= 4 is 29.9 Å². The summed E-state index contributed by atoms with van der Waals surface area (Å²) in [5, 5.41) is 6.92. The second kappa shape index (κ2) is 14.0. The summed E-state index contributed by atoms with van der Waals surface area (Å²) >= 11 is 0. The van der Waals surface area contributed by atoms with Crippen molar-refractivity contribution in [3.63, 3.8) is 0 Å². The molecule has 0 aromatic carbocycles. The zero-order valence-electron chi connectivity index (χ0n) is 16.4. The SMILES string of the molecule is CCNC(=NCC1CCCN(C)C1)NCCCN1CCCCCC1.I. The van der Waals surface area contributed by atoms with Gasteiger partial charge in [-0.2, -0.15) is 0 Å². The monoisotopic (exact) mass is 465 g/mol. The quantitative estimate of drug-likeness (QED) is 0.263. The van der Waals surface area contributed by atoms with E-state index in [2.05, 4.69) is 34.4 Å². The number of likely N-dealkylation sites (tertiary alicyclic amines) is 2. The van der Waals surface area contributed by atoms with Crippen LogP contribution in [0.25, 0.3) is 0 Å². The number of piperidine rings is 1. The molecule has 0 radical (unpaired) electrons. The second-order valence-electron chi connectivity index (χ2n) is 7.53. The highest BCUT2D eigenvalue weighted by Gasteiger charge is 2.16. The number of aliphatic imine (C=N–C) groups is 1. The number of nitrogens with zero attached hydrogens (tertiary/aromatic N) is 3. The summed E-state index contributed by atoms with van der Waals surface area (Å²) < 4.78 is 0. The number of rotatable bonds is 7. The Bertz CT molecular complexity index is 356. The van der Waals surface area contributed by atoms with Crippen LogP contribution < -0.4 is 10.6 Å². The third kappa shape index (κ3) is 9.99. The van der Waals surface area contributed by atoms with E-state index in [1.165, 1.54) is 77.7 Å². The van der Waals surface area contributed by atoms with Gasteiger partial charge >= 0.3 is 0 Å². The summed E-state index contributed by atoms with van der Waals surface area (Å²) in [5.41, 5.74) is 0. The standard InChI is InChI=1S/C19H39N5.HI/c1-3-20-19(22-16-18-10-8-12-23(2)17-18)21-11-9-15-24-13-6-4-5-7-14-24;/h18H,3-17H2,1-2H3,(H2,20,21,22);1H. The van der Waals surface area contributed by atoms with E-state index in [1.807, 2.05) is 0 Å². The fraction of sp³-hybridized carbons (Fsp3) is 0.947. The molecule has 148 valence electrons. The van der Waals surface area contributed by atoms with Gasteiger partial charge in [0.15, 0.2) is 5.96 Å². The summed E-state index contributed by atoms with van der Waals surface area (Å²) in [5.74, 6) is 1.72. The maximum absolute atomic E-state index is 4.83. The molecule has 1 unspecified atom stereocenters. The van der Waals surface area contributed by atoms with Crippen molar-refractivity contribution in [1.82, 2.24) is 20.4 Å². The van der Waals surface area contributed by atoms with Crippen molar-refractivity contribution in [3.8, 4) is 0 Å². The fourth-order valence-electron chi connectivity index (χ4n) is 3.85. The van der Waals surface area contributed by atoms with Gasteiger partial charge in [0.05, 0.1) is 0 Å². The lowest BCUT2D eigenvalue weighted by atomic mass is 9.99. The first-order valence-corrected chi connectivity index (χ1v) is 10.2. The molecule has 2 heterocycles. The zero-order valence-corrected chi connectivity index (χ0v) is 18.8. The molecule has 25 heavy (non-hydrogen) atoms. The van der Waals surface area contributed by atoms with Gasteiger partial charge < -0.3 is 20.4 Å². The van der Waals surface area contributed by atoms with E-state index in [0.717, 1.165) is 31.5 Å². The first kappa shape index (κ1) is 23.0. The van der Waals surface area contributed by atoms with Crippen LogP contribution >= 0.6 is 24.0 Å². The maximum Gasteiger partial charge on any atom is 0.191 e. The van der Waals surface area contributed by atoms with Gasteiger partial charge in [0.2, 0.25) is 0 Å². The molecule has 2 fully saturated rings. The minimum atomic E-state index is 0. The van der Waals surface area contributed by atoms with Crippen LogP contribution in [0.15, 0.2) is 4.99 Å². The molecule has 0 aliphatic carbocycles. The summed E-state index contributed by atoms with van der Waals surface area (Å²) in [4.78, 5) is 9.90. The number of hydrogen-bond acceptors (Lipinski definition) is 3. The van der Waals surface area contributed by atoms with Gasteiger partial charge in [-0.05, 0) is 78.2 Å². The van der Waals surface area contributed by atoms with Gasteiger partial charge in [-0.15, -0.1) is 24.0 Å². The van der Waals surface area contributed by atoms with Crippen molar-refractivity contribution in [2.45, 2.75) is 51.9 Å². The largest absolute Gasteiger partial charge is 0.357 e. The number of hydrogen-bond donors (Lipinski definition) is 2. The Labute approximate surface area is 172 Å². The van der Waals surface area contributed by atoms with Gasteiger partial charge in [0.1, 0.15) is 0 Å². The summed E-state index contributed by atoms with van der Waals surface area (Å²) in [6, 6.07) is 0. The van der Waals surface area contributed by atoms with Crippen LogP contribution in [0.2, 0.25) is 0 Å². The van der Waals surface area contributed by atoms with Crippen LogP contribution in [0, 0.1) is 5.92 Å². The minimum Gasteiger partial charge on any atom is -0.357 e. The van der Waals surface area contributed by atoms with Crippen LogP contribution in [-0.4, -0.2) is 75.2 Å². The molecule has 2 saturated heterocycles. The Morgan fingerprint density at radius 1 is 1.04 bits per heavy atom.